The van der Waals surface area contributed by atoms with Gasteiger partial charge in [0.05, 0.1) is 6.54 Å². The van der Waals surface area contributed by atoms with Gasteiger partial charge in [-0.3, -0.25) is 14.6 Å². The molecule has 1 aliphatic rings. The largest absolute Gasteiger partial charge is 0.456 e. The summed E-state index contributed by atoms with van der Waals surface area (Å²) in [4.78, 5) is 59.6. The number of hydrogen-bond acceptors (Lipinski definition) is 10. The SMILES string of the molecule is CCCCC/C=C/C(CC(C)=O)OC(=O)C(NC(=O)[C@]1(C)CSC(c2csc(CNC(=O)OC(C)(C)C)n2)=N1)C(C)C. The molecule has 2 rings (SSSR count). The quantitative estimate of drug-likeness (QED) is 0.147. The first-order chi connectivity index (χ1) is 19.6. The molecule has 12 heteroatoms. The molecule has 3 atom stereocenters. The zero-order chi connectivity index (χ0) is 31.5. The van der Waals surface area contributed by atoms with E-state index >= 15 is 0 Å². The number of thioether (sulfide) groups is 1. The van der Waals surface area contributed by atoms with E-state index in [9.17, 15) is 19.2 Å². The lowest BCUT2D eigenvalue weighted by Crippen LogP contribution is -2.53. The van der Waals surface area contributed by atoms with Gasteiger partial charge < -0.3 is 20.1 Å². The Kier molecular flexibility index (Phi) is 13.7. The van der Waals surface area contributed by atoms with Crippen molar-refractivity contribution in [2.75, 3.05) is 5.75 Å². The molecule has 2 unspecified atom stereocenters. The van der Waals surface area contributed by atoms with E-state index in [2.05, 4.69) is 27.5 Å². The van der Waals surface area contributed by atoms with E-state index in [1.165, 1.54) is 30.0 Å². The first kappa shape index (κ1) is 35.5. The third kappa shape index (κ3) is 11.9. The van der Waals surface area contributed by atoms with Crippen molar-refractivity contribution in [3.63, 3.8) is 0 Å². The summed E-state index contributed by atoms with van der Waals surface area (Å²) in [5.74, 6) is -0.916. The fraction of sp³-hybridized carbons (Fsp3) is 0.667. The highest BCUT2D eigenvalue weighted by atomic mass is 32.2. The Morgan fingerprint density at radius 3 is 2.52 bits per heavy atom. The minimum atomic E-state index is -1.11. The molecule has 1 aromatic rings. The van der Waals surface area contributed by atoms with E-state index in [4.69, 9.17) is 9.47 Å². The average Bonchev–Trinajstić information content (AvgIpc) is 3.51. The van der Waals surface area contributed by atoms with Crippen LogP contribution < -0.4 is 10.6 Å². The van der Waals surface area contributed by atoms with Crippen LogP contribution in [0.25, 0.3) is 0 Å². The standard InChI is InChI=1S/C30H46N4O6S2/c1-9-10-11-12-13-14-21(15-20(4)35)39-26(36)24(19(2)3)33-27(37)30(8)18-42-25(34-30)22-17-41-23(32-22)16-31-28(38)40-29(5,6)7/h13-14,17,19,21,24H,9-12,15-16,18H2,1-8H3,(H,31,38)(H,33,37)/b14-13+/t21?,24?,30-/m0/s1. The molecule has 0 fully saturated rings. The molecule has 0 spiro atoms. The number of nitrogens with one attached hydrogen (secondary N) is 2. The topological polar surface area (TPSA) is 136 Å². The second-order valence-electron chi connectivity index (χ2n) is 12.0. The van der Waals surface area contributed by atoms with Gasteiger partial charge in [-0.25, -0.2) is 14.6 Å². The Balaban J connectivity index is 2.05. The Morgan fingerprint density at radius 2 is 1.90 bits per heavy atom. The lowest BCUT2D eigenvalue weighted by Gasteiger charge is -2.27. The molecule has 0 aromatic carbocycles. The summed E-state index contributed by atoms with van der Waals surface area (Å²) >= 11 is 2.79. The highest BCUT2D eigenvalue weighted by Gasteiger charge is 2.41. The van der Waals surface area contributed by atoms with Crippen molar-refractivity contribution < 1.29 is 28.7 Å². The van der Waals surface area contributed by atoms with E-state index in [-0.39, 0.29) is 30.6 Å². The first-order valence-corrected chi connectivity index (χ1v) is 16.3. The number of rotatable bonds is 15. The molecule has 42 heavy (non-hydrogen) atoms. The van der Waals surface area contributed by atoms with Gasteiger partial charge in [-0.05, 0) is 59.5 Å². The van der Waals surface area contributed by atoms with Gasteiger partial charge in [0.2, 0.25) is 5.91 Å². The monoisotopic (exact) mass is 622 g/mol. The van der Waals surface area contributed by atoms with E-state index in [1.807, 2.05) is 25.3 Å². The van der Waals surface area contributed by atoms with Crippen molar-refractivity contribution in [2.24, 2.45) is 10.9 Å². The minimum absolute atomic E-state index is 0.0830. The maximum atomic E-state index is 13.4. The van der Waals surface area contributed by atoms with Crippen molar-refractivity contribution in [1.82, 2.24) is 15.6 Å². The van der Waals surface area contributed by atoms with E-state index in [0.29, 0.717) is 21.5 Å². The molecule has 1 aliphatic heterocycles. The zero-order valence-electron chi connectivity index (χ0n) is 26.1. The normalized spacial score (nSPS) is 18.5. The molecule has 0 radical (unpaired) electrons. The molecule has 10 nitrogen and oxygen atoms in total. The van der Waals surface area contributed by atoms with Crippen molar-refractivity contribution in [1.29, 1.82) is 0 Å². The highest BCUT2D eigenvalue weighted by Crippen LogP contribution is 2.32. The van der Waals surface area contributed by atoms with Crippen LogP contribution >= 0.6 is 23.1 Å². The summed E-state index contributed by atoms with van der Waals surface area (Å²) in [5.41, 5.74) is -1.07. The number of Topliss-reactive ketones (excluding diaryl/α,β-unsaturated/α-hetero) is 1. The fourth-order valence-electron chi connectivity index (χ4n) is 3.91. The summed E-state index contributed by atoms with van der Waals surface area (Å²) < 4.78 is 11.0. The van der Waals surface area contributed by atoms with Gasteiger partial charge in [0.1, 0.15) is 44.8 Å². The molecule has 1 aromatic heterocycles. The molecule has 2 heterocycles. The fourth-order valence-corrected chi connectivity index (χ4v) is 5.83. The number of alkyl carbamates (subject to hydrolysis) is 1. The number of aliphatic imine (C=N–C) groups is 1. The third-order valence-electron chi connectivity index (χ3n) is 6.17. The van der Waals surface area contributed by atoms with Gasteiger partial charge in [-0.1, -0.05) is 39.7 Å². The number of carbonyl (C=O) groups excluding carboxylic acids is 4. The predicted octanol–water partition coefficient (Wildman–Crippen LogP) is 5.59. The number of unbranched alkanes of at least 4 members (excludes halogenated alkanes) is 3. The Labute approximate surface area is 257 Å². The van der Waals surface area contributed by atoms with Crippen LogP contribution in [0.3, 0.4) is 0 Å². The summed E-state index contributed by atoms with van der Waals surface area (Å²) in [6.45, 7) is 14.6. The molecular formula is C30H46N4O6S2. The molecule has 2 amide bonds. The minimum Gasteiger partial charge on any atom is -0.456 e. The van der Waals surface area contributed by atoms with Crippen LogP contribution in [0.4, 0.5) is 4.79 Å². The molecule has 234 valence electrons. The number of aromatic nitrogens is 1. The first-order valence-electron chi connectivity index (χ1n) is 14.5. The number of amides is 2. The zero-order valence-corrected chi connectivity index (χ0v) is 27.7. The predicted molar refractivity (Wildman–Crippen MR) is 168 cm³/mol. The maximum absolute atomic E-state index is 13.4. The van der Waals surface area contributed by atoms with Crippen LogP contribution in [-0.2, 0) is 30.4 Å². The second kappa shape index (κ2) is 16.2. The second-order valence-corrected chi connectivity index (χ2v) is 13.9. The number of carbonyl (C=O) groups is 4. The number of allylic oxidation sites excluding steroid dienone is 1. The van der Waals surface area contributed by atoms with Crippen molar-refractivity contribution >= 4 is 51.9 Å². The van der Waals surface area contributed by atoms with Crippen molar-refractivity contribution in [3.05, 3.63) is 28.2 Å². The van der Waals surface area contributed by atoms with Crippen LogP contribution in [0.1, 0.15) is 98.2 Å². The van der Waals surface area contributed by atoms with Crippen LogP contribution in [0.5, 0.6) is 0 Å². The van der Waals surface area contributed by atoms with E-state index in [0.717, 1.165) is 25.7 Å². The lowest BCUT2D eigenvalue weighted by molar-refractivity contribution is -0.153. The van der Waals surface area contributed by atoms with Gasteiger partial charge >= 0.3 is 12.1 Å². The van der Waals surface area contributed by atoms with Gasteiger partial charge in [0.15, 0.2) is 0 Å². The Morgan fingerprint density at radius 1 is 1.19 bits per heavy atom. The van der Waals surface area contributed by atoms with Gasteiger partial charge in [-0.2, -0.15) is 0 Å². The smallest absolute Gasteiger partial charge is 0.408 e. The van der Waals surface area contributed by atoms with Crippen molar-refractivity contribution in [2.45, 2.75) is 117 Å². The lowest BCUT2D eigenvalue weighted by atomic mass is 10.0. The van der Waals surface area contributed by atoms with E-state index < -0.39 is 35.3 Å². The summed E-state index contributed by atoms with van der Waals surface area (Å²) in [7, 11) is 0. The van der Waals surface area contributed by atoms with Gasteiger partial charge in [0.25, 0.3) is 0 Å². The number of ether oxygens (including phenoxy) is 2. The number of thiazole rings is 1. The maximum Gasteiger partial charge on any atom is 0.408 e. The van der Waals surface area contributed by atoms with Crippen LogP contribution in [0.15, 0.2) is 22.5 Å². The Hall–Kier alpha value is -2.73. The average molecular weight is 623 g/mol. The summed E-state index contributed by atoms with van der Waals surface area (Å²) in [6.07, 6.45) is 6.69. The number of ketones is 1. The van der Waals surface area contributed by atoms with Crippen LogP contribution in [-0.4, -0.2) is 62.8 Å². The molecule has 0 bridgehead atoms. The number of hydrogen-bond donors (Lipinski definition) is 2. The molecule has 2 N–H and O–H groups in total. The Bertz CT molecular complexity index is 1160. The van der Waals surface area contributed by atoms with E-state index in [1.54, 1.807) is 33.8 Å². The van der Waals surface area contributed by atoms with Crippen molar-refractivity contribution in [3.8, 4) is 0 Å². The van der Waals surface area contributed by atoms with Crippen LogP contribution in [0, 0.1) is 5.92 Å². The molecule has 0 saturated carbocycles. The molecule has 0 saturated heterocycles. The summed E-state index contributed by atoms with van der Waals surface area (Å²) in [6, 6.07) is -0.897. The molecular weight excluding hydrogens is 576 g/mol. The van der Waals surface area contributed by atoms with Gasteiger partial charge in [-0.15, -0.1) is 23.1 Å². The molecule has 0 aliphatic carbocycles. The highest BCUT2D eigenvalue weighted by molar-refractivity contribution is 8.14. The van der Waals surface area contributed by atoms with Crippen LogP contribution in [0.2, 0.25) is 0 Å². The number of nitrogens with zero attached hydrogens (tertiary/aromatic N) is 2. The summed E-state index contributed by atoms with van der Waals surface area (Å²) in [5, 5.41) is 8.67. The van der Waals surface area contributed by atoms with Gasteiger partial charge in [0, 0.05) is 17.6 Å². The third-order valence-corrected chi connectivity index (χ3v) is 8.30. The number of esters is 1.